The van der Waals surface area contributed by atoms with E-state index in [9.17, 15) is 0 Å². The van der Waals surface area contributed by atoms with Gasteiger partial charge >= 0.3 is 0 Å². The molecule has 86 valence electrons. The van der Waals surface area contributed by atoms with Crippen molar-refractivity contribution in [2.45, 2.75) is 32.9 Å². The second-order valence-corrected chi connectivity index (χ2v) is 6.18. The Labute approximate surface area is 106 Å². The lowest BCUT2D eigenvalue weighted by Gasteiger charge is -2.17. The molecule has 0 saturated carbocycles. The molecule has 1 N–H and O–H groups in total. The summed E-state index contributed by atoms with van der Waals surface area (Å²) in [6, 6.07) is 4.38. The van der Waals surface area contributed by atoms with Gasteiger partial charge in [0.2, 0.25) is 0 Å². The highest BCUT2D eigenvalue weighted by molar-refractivity contribution is 7.16. The van der Waals surface area contributed by atoms with Crippen molar-refractivity contribution in [1.82, 2.24) is 5.32 Å². The number of hydrogen-bond donors (Lipinski definition) is 1. The molecule has 1 nitrogen and oxygen atoms in total. The van der Waals surface area contributed by atoms with Crippen molar-refractivity contribution >= 4 is 34.5 Å². The van der Waals surface area contributed by atoms with Crippen LogP contribution in [0.15, 0.2) is 12.1 Å². The fourth-order valence-electron chi connectivity index (χ4n) is 1.46. The molecule has 0 amide bonds. The molecule has 0 spiro atoms. The van der Waals surface area contributed by atoms with Gasteiger partial charge in [-0.2, -0.15) is 0 Å². The van der Waals surface area contributed by atoms with E-state index in [1.807, 2.05) is 6.07 Å². The van der Waals surface area contributed by atoms with Gasteiger partial charge in [0.1, 0.15) is 0 Å². The zero-order valence-corrected chi connectivity index (χ0v) is 11.4. The first kappa shape index (κ1) is 13.3. The van der Waals surface area contributed by atoms with Crippen LogP contribution in [0.5, 0.6) is 0 Å². The first-order valence-corrected chi connectivity index (χ1v) is 6.88. The molecule has 1 atom stereocenters. The molecule has 0 saturated heterocycles. The summed E-state index contributed by atoms with van der Waals surface area (Å²) in [7, 11) is 0. The van der Waals surface area contributed by atoms with Crippen LogP contribution in [0.25, 0.3) is 0 Å². The second-order valence-electron chi connectivity index (χ2n) is 4.07. The molecular weight excluding hydrogens is 249 g/mol. The third-order valence-corrected chi connectivity index (χ3v) is 3.74. The minimum atomic E-state index is 0.396. The van der Waals surface area contributed by atoms with Gasteiger partial charge in [0.25, 0.3) is 0 Å². The predicted octanol–water partition coefficient (Wildman–Crippen LogP) is 4.14. The maximum absolute atomic E-state index is 5.90. The fourth-order valence-corrected chi connectivity index (χ4v) is 2.74. The summed E-state index contributed by atoms with van der Waals surface area (Å²) in [5.41, 5.74) is 0. The summed E-state index contributed by atoms with van der Waals surface area (Å²) in [6.07, 6.45) is 1.11. The normalized spacial score (nSPS) is 13.4. The summed E-state index contributed by atoms with van der Waals surface area (Å²) < 4.78 is 0.845. The van der Waals surface area contributed by atoms with Gasteiger partial charge in [-0.15, -0.1) is 22.9 Å². The molecule has 15 heavy (non-hydrogen) atoms. The van der Waals surface area contributed by atoms with E-state index in [0.717, 1.165) is 17.3 Å². The van der Waals surface area contributed by atoms with Crippen LogP contribution in [0.3, 0.4) is 0 Å². The van der Waals surface area contributed by atoms with Crippen molar-refractivity contribution in [3.8, 4) is 0 Å². The molecule has 1 rings (SSSR count). The SMILES string of the molecule is CC(C)CC(CCl)NCc1ccc(Cl)s1. The summed E-state index contributed by atoms with van der Waals surface area (Å²) in [4.78, 5) is 1.26. The van der Waals surface area contributed by atoms with Gasteiger partial charge < -0.3 is 5.32 Å². The minimum absolute atomic E-state index is 0.396. The topological polar surface area (TPSA) is 12.0 Å². The van der Waals surface area contributed by atoms with Crippen molar-refractivity contribution < 1.29 is 0 Å². The number of nitrogens with one attached hydrogen (secondary N) is 1. The van der Waals surface area contributed by atoms with Crippen LogP contribution in [-0.2, 0) is 6.54 Å². The van der Waals surface area contributed by atoms with Crippen molar-refractivity contribution in [3.05, 3.63) is 21.3 Å². The second kappa shape index (κ2) is 6.74. The molecule has 1 aromatic heterocycles. The van der Waals surface area contributed by atoms with Crippen LogP contribution in [0, 0.1) is 5.92 Å². The van der Waals surface area contributed by atoms with Crippen LogP contribution in [0.1, 0.15) is 25.1 Å². The Balaban J connectivity index is 2.34. The predicted molar refractivity (Wildman–Crippen MR) is 70.1 cm³/mol. The third-order valence-electron chi connectivity index (χ3n) is 2.14. The highest BCUT2D eigenvalue weighted by Crippen LogP contribution is 2.21. The van der Waals surface area contributed by atoms with E-state index >= 15 is 0 Å². The van der Waals surface area contributed by atoms with Gasteiger partial charge in [0.05, 0.1) is 4.34 Å². The molecule has 0 aromatic carbocycles. The molecule has 1 unspecified atom stereocenters. The number of alkyl halides is 1. The van der Waals surface area contributed by atoms with Gasteiger partial charge in [-0.1, -0.05) is 25.4 Å². The first-order valence-electron chi connectivity index (χ1n) is 5.15. The van der Waals surface area contributed by atoms with Crippen molar-refractivity contribution in [1.29, 1.82) is 0 Å². The maximum Gasteiger partial charge on any atom is 0.0931 e. The Morgan fingerprint density at radius 1 is 1.40 bits per heavy atom. The molecule has 0 radical (unpaired) electrons. The smallest absolute Gasteiger partial charge is 0.0931 e. The van der Waals surface area contributed by atoms with Gasteiger partial charge in [-0.3, -0.25) is 0 Å². The van der Waals surface area contributed by atoms with E-state index in [1.54, 1.807) is 11.3 Å². The molecular formula is C11H17Cl2NS. The monoisotopic (exact) mass is 265 g/mol. The number of rotatable bonds is 6. The lowest BCUT2D eigenvalue weighted by atomic mass is 10.1. The Morgan fingerprint density at radius 2 is 2.13 bits per heavy atom. The summed E-state index contributed by atoms with van der Waals surface area (Å²) in [6.45, 7) is 5.29. The Hall–Kier alpha value is 0.240. The maximum atomic E-state index is 5.90. The van der Waals surface area contributed by atoms with E-state index in [-0.39, 0.29) is 0 Å². The van der Waals surface area contributed by atoms with E-state index < -0.39 is 0 Å². The van der Waals surface area contributed by atoms with E-state index in [0.29, 0.717) is 17.8 Å². The molecule has 0 aliphatic carbocycles. The molecule has 0 aliphatic heterocycles. The number of halogens is 2. The first-order chi connectivity index (χ1) is 7.11. The van der Waals surface area contributed by atoms with Crippen molar-refractivity contribution in [2.24, 2.45) is 5.92 Å². The Morgan fingerprint density at radius 3 is 2.60 bits per heavy atom. The van der Waals surface area contributed by atoms with Crippen LogP contribution in [-0.4, -0.2) is 11.9 Å². The van der Waals surface area contributed by atoms with Gasteiger partial charge in [-0.05, 0) is 24.5 Å². The molecule has 1 heterocycles. The van der Waals surface area contributed by atoms with E-state index in [1.165, 1.54) is 4.88 Å². The summed E-state index contributed by atoms with van der Waals surface area (Å²) in [5.74, 6) is 1.34. The highest BCUT2D eigenvalue weighted by atomic mass is 35.5. The van der Waals surface area contributed by atoms with Gasteiger partial charge in [-0.25, -0.2) is 0 Å². The van der Waals surface area contributed by atoms with Crippen LogP contribution in [0.2, 0.25) is 4.34 Å². The highest BCUT2D eigenvalue weighted by Gasteiger charge is 2.09. The zero-order chi connectivity index (χ0) is 11.3. The number of thiophene rings is 1. The van der Waals surface area contributed by atoms with Crippen LogP contribution >= 0.6 is 34.5 Å². The molecule has 0 bridgehead atoms. The van der Waals surface area contributed by atoms with E-state index in [4.69, 9.17) is 23.2 Å². The Bertz CT molecular complexity index is 286. The van der Waals surface area contributed by atoms with Gasteiger partial charge in [0, 0.05) is 23.3 Å². The van der Waals surface area contributed by atoms with E-state index in [2.05, 4.69) is 25.2 Å². The molecule has 4 heteroatoms. The lowest BCUT2D eigenvalue weighted by Crippen LogP contribution is -2.31. The summed E-state index contributed by atoms with van der Waals surface area (Å²) in [5, 5.41) is 3.45. The molecule has 1 aromatic rings. The Kier molecular flexibility index (Phi) is 5.98. The van der Waals surface area contributed by atoms with Gasteiger partial charge in [0.15, 0.2) is 0 Å². The third kappa shape index (κ3) is 5.21. The quantitative estimate of drug-likeness (QED) is 0.763. The molecule has 0 fully saturated rings. The van der Waals surface area contributed by atoms with Crippen molar-refractivity contribution in [3.63, 3.8) is 0 Å². The zero-order valence-electron chi connectivity index (χ0n) is 9.09. The van der Waals surface area contributed by atoms with Crippen LogP contribution in [0.4, 0.5) is 0 Å². The standard InChI is InChI=1S/C11H17Cl2NS/c1-8(2)5-9(6-12)14-7-10-3-4-11(13)15-10/h3-4,8-9,14H,5-7H2,1-2H3. The minimum Gasteiger partial charge on any atom is -0.308 e. The lowest BCUT2D eigenvalue weighted by molar-refractivity contribution is 0.446. The average molecular weight is 266 g/mol. The number of hydrogen-bond acceptors (Lipinski definition) is 2. The molecule has 0 aliphatic rings. The summed E-state index contributed by atoms with van der Waals surface area (Å²) >= 11 is 13.4. The van der Waals surface area contributed by atoms with Crippen molar-refractivity contribution in [2.75, 3.05) is 5.88 Å². The average Bonchev–Trinajstić information content (AvgIpc) is 2.58. The largest absolute Gasteiger partial charge is 0.308 e. The van der Waals surface area contributed by atoms with Crippen LogP contribution < -0.4 is 5.32 Å². The fraction of sp³-hybridized carbons (Fsp3) is 0.636.